The second-order valence-corrected chi connectivity index (χ2v) is 9.93. The van der Waals surface area contributed by atoms with Gasteiger partial charge in [-0.2, -0.15) is 0 Å². The maximum Gasteiger partial charge on any atom is 0.410 e. The Morgan fingerprint density at radius 3 is 2.30 bits per heavy atom. The highest BCUT2D eigenvalue weighted by atomic mass is 19.2. The summed E-state index contributed by atoms with van der Waals surface area (Å²) < 4.78 is 53.0. The number of hydrogen-bond donors (Lipinski definition) is 0. The fourth-order valence-corrected chi connectivity index (χ4v) is 4.54. The molecule has 0 radical (unpaired) electrons. The largest absolute Gasteiger partial charge is 0.455 e. The number of carbonyl (C=O) groups excluding carboxylic acids is 1. The van der Waals surface area contributed by atoms with Crippen LogP contribution in [0.5, 0.6) is 11.5 Å². The molecule has 4 rings (SSSR count). The van der Waals surface area contributed by atoms with Gasteiger partial charge in [-0.1, -0.05) is 6.07 Å². The number of ether oxygens (including phenoxy) is 2. The Bertz CT molecular complexity index is 1030. The number of likely N-dealkylation sites (tertiary alicyclic amines) is 1. The summed E-state index contributed by atoms with van der Waals surface area (Å²) >= 11 is 0. The van der Waals surface area contributed by atoms with Gasteiger partial charge in [-0.25, -0.2) is 18.0 Å². The maximum atomic E-state index is 14.1. The molecule has 0 N–H and O–H groups in total. The van der Waals surface area contributed by atoms with E-state index in [0.717, 1.165) is 31.4 Å². The van der Waals surface area contributed by atoms with Gasteiger partial charge in [0, 0.05) is 44.4 Å². The van der Waals surface area contributed by atoms with Gasteiger partial charge in [0.05, 0.1) is 5.69 Å². The molecule has 0 aromatic heterocycles. The quantitative estimate of drug-likeness (QED) is 0.551. The molecular formula is C25H29F3N2O3. The predicted octanol–water partition coefficient (Wildman–Crippen LogP) is 6.12. The average molecular weight is 463 g/mol. The number of piperidine rings is 1. The minimum atomic E-state index is -1.02. The van der Waals surface area contributed by atoms with E-state index >= 15 is 0 Å². The van der Waals surface area contributed by atoms with Crippen LogP contribution in [-0.2, 0) is 4.74 Å². The van der Waals surface area contributed by atoms with E-state index in [2.05, 4.69) is 0 Å². The van der Waals surface area contributed by atoms with Crippen LogP contribution in [0, 0.1) is 22.9 Å². The van der Waals surface area contributed by atoms with Gasteiger partial charge in [-0.05, 0) is 57.6 Å². The first-order valence-corrected chi connectivity index (χ1v) is 11.2. The van der Waals surface area contributed by atoms with Gasteiger partial charge in [0.25, 0.3) is 0 Å². The van der Waals surface area contributed by atoms with Gasteiger partial charge in [0.1, 0.15) is 17.2 Å². The van der Waals surface area contributed by atoms with Crippen LogP contribution in [0.4, 0.5) is 23.7 Å². The van der Waals surface area contributed by atoms with Crippen LogP contribution in [0.2, 0.25) is 0 Å². The molecule has 5 nitrogen and oxygen atoms in total. The summed E-state index contributed by atoms with van der Waals surface area (Å²) in [6.45, 7) is 8.00. The number of rotatable bonds is 3. The molecular weight excluding hydrogens is 433 g/mol. The Kier molecular flexibility index (Phi) is 6.20. The molecule has 2 aromatic carbocycles. The van der Waals surface area contributed by atoms with Crippen molar-refractivity contribution < 1.29 is 27.4 Å². The van der Waals surface area contributed by atoms with E-state index in [-0.39, 0.29) is 23.0 Å². The molecule has 0 aliphatic carbocycles. The third-order valence-electron chi connectivity index (χ3n) is 6.28. The summed E-state index contributed by atoms with van der Waals surface area (Å²) in [7, 11) is 0. The van der Waals surface area contributed by atoms with Crippen molar-refractivity contribution >= 4 is 11.8 Å². The van der Waals surface area contributed by atoms with E-state index in [1.54, 1.807) is 11.0 Å². The molecule has 2 heterocycles. The third-order valence-corrected chi connectivity index (χ3v) is 6.28. The third kappa shape index (κ3) is 5.37. The molecule has 1 amide bonds. The topological polar surface area (TPSA) is 42.0 Å². The van der Waals surface area contributed by atoms with E-state index in [4.69, 9.17) is 9.47 Å². The molecule has 0 atom stereocenters. The molecule has 1 spiro atoms. The summed E-state index contributed by atoms with van der Waals surface area (Å²) in [6.07, 6.45) is 2.16. The zero-order valence-electron chi connectivity index (χ0n) is 19.2. The van der Waals surface area contributed by atoms with E-state index in [0.29, 0.717) is 31.9 Å². The van der Waals surface area contributed by atoms with E-state index in [1.165, 1.54) is 18.2 Å². The summed E-state index contributed by atoms with van der Waals surface area (Å²) in [5, 5.41) is 0. The molecule has 2 aliphatic heterocycles. The highest BCUT2D eigenvalue weighted by Crippen LogP contribution is 2.45. The lowest BCUT2D eigenvalue weighted by atomic mass is 9.78. The van der Waals surface area contributed by atoms with Gasteiger partial charge in [0.2, 0.25) is 0 Å². The number of amides is 1. The van der Waals surface area contributed by atoms with Gasteiger partial charge in [-0.15, -0.1) is 0 Å². The van der Waals surface area contributed by atoms with Crippen molar-refractivity contribution in [1.82, 2.24) is 4.90 Å². The maximum absolute atomic E-state index is 14.1. The Hall–Kier alpha value is -2.90. The lowest BCUT2D eigenvalue weighted by molar-refractivity contribution is 0.0122. The first-order chi connectivity index (χ1) is 15.5. The van der Waals surface area contributed by atoms with Crippen LogP contribution in [0.3, 0.4) is 0 Å². The van der Waals surface area contributed by atoms with Gasteiger partial charge in [0.15, 0.2) is 17.4 Å². The molecule has 33 heavy (non-hydrogen) atoms. The fraction of sp³-hybridized carbons (Fsp3) is 0.480. The zero-order chi connectivity index (χ0) is 23.8. The van der Waals surface area contributed by atoms with Crippen molar-refractivity contribution in [2.45, 2.75) is 45.6 Å². The van der Waals surface area contributed by atoms with Crippen LogP contribution >= 0.6 is 0 Å². The van der Waals surface area contributed by atoms with Crippen molar-refractivity contribution in [3.8, 4) is 11.5 Å². The second kappa shape index (κ2) is 8.80. The van der Waals surface area contributed by atoms with Crippen LogP contribution in [-0.4, -0.2) is 42.8 Å². The van der Waals surface area contributed by atoms with Crippen molar-refractivity contribution in [2.24, 2.45) is 5.41 Å². The van der Waals surface area contributed by atoms with Crippen LogP contribution in [0.15, 0.2) is 36.4 Å². The predicted molar refractivity (Wildman–Crippen MR) is 119 cm³/mol. The Labute approximate surface area is 192 Å². The highest BCUT2D eigenvalue weighted by molar-refractivity contribution is 5.68. The highest BCUT2D eigenvalue weighted by Gasteiger charge is 2.42. The number of nitrogens with zero attached hydrogens (tertiary/aromatic N) is 2. The van der Waals surface area contributed by atoms with Crippen molar-refractivity contribution in [3.05, 3.63) is 53.8 Å². The van der Waals surface area contributed by atoms with Crippen molar-refractivity contribution in [3.63, 3.8) is 0 Å². The first kappa shape index (κ1) is 23.3. The van der Waals surface area contributed by atoms with Crippen LogP contribution in [0.1, 0.15) is 40.0 Å². The lowest BCUT2D eigenvalue weighted by Crippen LogP contribution is -2.46. The van der Waals surface area contributed by atoms with Crippen LogP contribution in [0.25, 0.3) is 0 Å². The molecule has 8 heteroatoms. The molecule has 0 bridgehead atoms. The smallest absolute Gasteiger partial charge is 0.410 e. The molecule has 2 aliphatic rings. The second-order valence-electron chi connectivity index (χ2n) is 9.93. The SMILES string of the molecule is CC(C)(C)OC(=O)N1CCC2(CC1)CCN(c1cc(F)c(F)cc1Oc1cccc(F)c1)C2. The zero-order valence-corrected chi connectivity index (χ0v) is 19.2. The number of carbonyl (C=O) groups is 1. The van der Waals surface area contributed by atoms with Gasteiger partial charge >= 0.3 is 6.09 Å². The standard InChI is InChI=1S/C25H29F3N2O3/c1-24(2,3)33-23(31)29-10-7-25(8-11-29)9-12-30(16-25)21-14-19(27)20(28)15-22(21)32-18-6-4-5-17(26)13-18/h4-6,13-15H,7-12,16H2,1-3H3. The minimum Gasteiger partial charge on any atom is -0.455 e. The van der Waals surface area contributed by atoms with E-state index in [1.807, 2.05) is 25.7 Å². The molecule has 0 saturated carbocycles. The van der Waals surface area contributed by atoms with Crippen molar-refractivity contribution in [2.75, 3.05) is 31.1 Å². The summed E-state index contributed by atoms with van der Waals surface area (Å²) in [5.74, 6) is -2.11. The Balaban J connectivity index is 1.48. The summed E-state index contributed by atoms with van der Waals surface area (Å²) in [4.78, 5) is 16.1. The molecule has 178 valence electrons. The number of benzene rings is 2. The minimum absolute atomic E-state index is 0.0283. The molecule has 2 saturated heterocycles. The van der Waals surface area contributed by atoms with Crippen molar-refractivity contribution in [1.29, 1.82) is 0 Å². The number of halogens is 3. The first-order valence-electron chi connectivity index (χ1n) is 11.2. The Morgan fingerprint density at radius 2 is 1.64 bits per heavy atom. The van der Waals surface area contributed by atoms with Crippen LogP contribution < -0.4 is 9.64 Å². The number of hydrogen-bond acceptors (Lipinski definition) is 4. The monoisotopic (exact) mass is 462 g/mol. The Morgan fingerprint density at radius 1 is 0.970 bits per heavy atom. The van der Waals surface area contributed by atoms with Gasteiger partial charge in [-0.3, -0.25) is 0 Å². The fourth-order valence-electron chi connectivity index (χ4n) is 4.54. The van der Waals surface area contributed by atoms with E-state index in [9.17, 15) is 18.0 Å². The normalized spacial score (nSPS) is 18.0. The summed E-state index contributed by atoms with van der Waals surface area (Å²) in [6, 6.07) is 7.68. The molecule has 0 unspecified atom stereocenters. The lowest BCUT2D eigenvalue weighted by Gasteiger charge is -2.39. The average Bonchev–Trinajstić information content (AvgIpc) is 3.13. The molecule has 2 aromatic rings. The molecule has 2 fully saturated rings. The van der Waals surface area contributed by atoms with Gasteiger partial charge < -0.3 is 19.3 Å². The van der Waals surface area contributed by atoms with E-state index < -0.39 is 23.1 Å². The summed E-state index contributed by atoms with van der Waals surface area (Å²) in [5.41, 5.74) is -0.134. The number of anilines is 1.